The maximum absolute atomic E-state index is 5.53. The molecule has 0 radical (unpaired) electrons. The number of nitrogens with zero attached hydrogens (tertiary/aromatic N) is 9. The van der Waals surface area contributed by atoms with Gasteiger partial charge in [0.1, 0.15) is 0 Å². The second-order valence-electron chi connectivity index (χ2n) is 33.3. The minimum absolute atomic E-state index is 0.562. The Kier molecular flexibility index (Phi) is 16.5. The lowest BCUT2D eigenvalue weighted by Gasteiger charge is -2.16. The molecule has 0 atom stereocenters. The monoisotopic (exact) mass is 1630 g/mol. The third-order valence-corrected chi connectivity index (χ3v) is 26.3. The molecule has 0 N–H and O–H groups in total. The molecule has 6 heterocycles. The van der Waals surface area contributed by atoms with Gasteiger partial charge in [-0.05, 0) is 201 Å². The van der Waals surface area contributed by atoms with Crippen molar-refractivity contribution in [1.82, 2.24) is 43.2 Å². The van der Waals surface area contributed by atoms with Gasteiger partial charge in [-0.2, -0.15) is 9.97 Å². The number of hydrogen-bond acceptors (Lipinski definition) is 5. The molecular formula is C119H73N9. The van der Waals surface area contributed by atoms with Crippen molar-refractivity contribution in [2.45, 2.75) is 0 Å². The Hall–Kier alpha value is -17.3. The second-order valence-corrected chi connectivity index (χ2v) is 33.3. The molecule has 0 saturated heterocycles. The van der Waals surface area contributed by atoms with Crippen LogP contribution < -0.4 is 0 Å². The fourth-order valence-corrected chi connectivity index (χ4v) is 20.5. The second kappa shape index (κ2) is 29.2. The molecule has 0 amide bonds. The normalized spacial score (nSPS) is 11.9. The highest BCUT2D eigenvalue weighted by atomic mass is 15.2. The van der Waals surface area contributed by atoms with Crippen molar-refractivity contribution in [3.63, 3.8) is 0 Å². The molecule has 128 heavy (non-hydrogen) atoms. The van der Waals surface area contributed by atoms with E-state index in [0.717, 1.165) is 116 Å². The van der Waals surface area contributed by atoms with Crippen LogP contribution in [0.2, 0.25) is 0 Å². The van der Waals surface area contributed by atoms with Crippen molar-refractivity contribution in [3.8, 4) is 90.8 Å². The van der Waals surface area contributed by atoms with E-state index in [1.165, 1.54) is 114 Å². The summed E-state index contributed by atoms with van der Waals surface area (Å²) in [6.45, 7) is 0. The summed E-state index contributed by atoms with van der Waals surface area (Å²) < 4.78 is 9.29. The van der Waals surface area contributed by atoms with Crippen LogP contribution in [0.25, 0.3) is 253 Å². The molecule has 9 heteroatoms. The number of rotatable bonds is 10. The fourth-order valence-electron chi connectivity index (χ4n) is 20.5. The van der Waals surface area contributed by atoms with Crippen LogP contribution in [0.1, 0.15) is 0 Å². The van der Waals surface area contributed by atoms with Crippen molar-refractivity contribution in [2.75, 3.05) is 0 Å². The van der Waals surface area contributed by atoms with Crippen LogP contribution in [-0.2, 0) is 0 Å². The first kappa shape index (κ1) is 72.4. The van der Waals surface area contributed by atoms with Crippen LogP contribution in [0.4, 0.5) is 0 Å². The molecule has 0 bridgehead atoms. The molecule has 594 valence electrons. The van der Waals surface area contributed by atoms with E-state index < -0.39 is 0 Å². The SMILES string of the molecule is c1ccc(-c2cc(-c3ccccc3)nc(-n3c4ccccc4c4cc(-c5ccc6c(c5)c5ccccc5n6-c5ccccc5)ccc43)n2)cc1.c1ccc2c(c1)cc(-c1nc(-c3cc4ccccc4c4ccccc34)nc(-n3c4ccccc4c4cc(-c5ccc6c(c5)c5ccccc5n6-c5cccc6c7ccccc7c7ccccc7c56)ccc43)n1)c1ccccc12. The lowest BCUT2D eigenvalue weighted by Crippen LogP contribution is -2.07. The molecule has 0 aliphatic carbocycles. The first-order valence-corrected chi connectivity index (χ1v) is 43.6. The average molecular weight is 1630 g/mol. The van der Waals surface area contributed by atoms with Gasteiger partial charge in [0.15, 0.2) is 11.6 Å². The van der Waals surface area contributed by atoms with Crippen molar-refractivity contribution in [3.05, 3.63) is 443 Å². The van der Waals surface area contributed by atoms with Crippen molar-refractivity contribution >= 4 is 163 Å². The molecule has 27 aromatic rings. The van der Waals surface area contributed by atoms with Crippen LogP contribution in [0.3, 0.4) is 0 Å². The van der Waals surface area contributed by atoms with Gasteiger partial charge >= 0.3 is 0 Å². The standard InChI is InChI=1S/C73H43N5.C46H30N4/c1-3-20-48-46(18-1)42-63(55-27-9-5-22-50(48)55)71-74-72(64-43-47-19-2-4-21-49(47)51-23-6-10-28-56(51)64)76-73(75-71)78-66-34-16-14-30-58(66)62-41-45(37-39-68(62)78)44-36-38-67-61(40-44)57-29-13-15-33-65(57)77(67)69-35-17-32-60-54-25-8-7-24-52(54)53-26-11-12-31-59(53)70(60)69;1-4-14-31(15-5-1)40-30-41(32-16-6-2-7-17-32)48-46(47-40)50-43-23-13-11-21-37(43)39-29-34(25-27-45(39)50)33-24-26-44-38(28-33)36-20-10-12-22-42(36)49(44)35-18-8-3-9-19-35/h1-43H;1-30H. The highest BCUT2D eigenvalue weighted by Gasteiger charge is 2.26. The molecule has 0 saturated carbocycles. The van der Waals surface area contributed by atoms with Crippen LogP contribution in [0.5, 0.6) is 0 Å². The Labute approximate surface area is 734 Å². The van der Waals surface area contributed by atoms with Crippen LogP contribution in [-0.4, -0.2) is 43.2 Å². The van der Waals surface area contributed by atoms with Gasteiger partial charge in [0, 0.05) is 76.4 Å². The van der Waals surface area contributed by atoms with E-state index in [2.05, 4.69) is 449 Å². The van der Waals surface area contributed by atoms with E-state index >= 15 is 0 Å². The number of fused-ring (bicyclic) bond motifs is 24. The highest BCUT2D eigenvalue weighted by Crippen LogP contribution is 2.47. The summed E-state index contributed by atoms with van der Waals surface area (Å²) in [5.41, 5.74) is 21.7. The molecule has 27 rings (SSSR count). The van der Waals surface area contributed by atoms with E-state index in [1.54, 1.807) is 0 Å². The lowest BCUT2D eigenvalue weighted by molar-refractivity contribution is 0.955. The molecule has 0 spiro atoms. The van der Waals surface area contributed by atoms with Gasteiger partial charge in [-0.3, -0.25) is 9.13 Å². The summed E-state index contributed by atoms with van der Waals surface area (Å²) in [6, 6.07) is 159. The summed E-state index contributed by atoms with van der Waals surface area (Å²) in [4.78, 5) is 26.9. The molecule has 0 fully saturated rings. The van der Waals surface area contributed by atoms with Gasteiger partial charge in [-0.1, -0.05) is 334 Å². The number of para-hydroxylation sites is 5. The van der Waals surface area contributed by atoms with E-state index in [-0.39, 0.29) is 0 Å². The fraction of sp³-hybridized carbons (Fsp3) is 0. The molecule has 0 aliphatic rings. The first-order chi connectivity index (χ1) is 63.5. The van der Waals surface area contributed by atoms with Crippen LogP contribution >= 0.6 is 0 Å². The Morgan fingerprint density at radius 2 is 0.445 bits per heavy atom. The molecule has 6 aromatic heterocycles. The quantitative estimate of drug-likeness (QED) is 0.127. The summed E-state index contributed by atoms with van der Waals surface area (Å²) in [6.07, 6.45) is 0. The van der Waals surface area contributed by atoms with Gasteiger partial charge in [-0.15, -0.1) is 0 Å². The Balaban J connectivity index is 0.000000149. The average Bonchev–Trinajstić information content (AvgIpc) is 1.51. The van der Waals surface area contributed by atoms with Gasteiger partial charge in [-0.25, -0.2) is 15.0 Å². The highest BCUT2D eigenvalue weighted by molar-refractivity contribution is 6.28. The molecule has 21 aromatic carbocycles. The third-order valence-electron chi connectivity index (χ3n) is 26.3. The van der Waals surface area contributed by atoms with E-state index in [0.29, 0.717) is 23.5 Å². The maximum atomic E-state index is 5.53. The zero-order chi connectivity index (χ0) is 84.0. The maximum Gasteiger partial charge on any atom is 0.238 e. The molecule has 9 nitrogen and oxygen atoms in total. The Morgan fingerprint density at radius 3 is 0.867 bits per heavy atom. The predicted molar refractivity (Wildman–Crippen MR) is 534 cm³/mol. The van der Waals surface area contributed by atoms with Crippen molar-refractivity contribution < 1.29 is 0 Å². The van der Waals surface area contributed by atoms with Crippen LogP contribution in [0.15, 0.2) is 443 Å². The lowest BCUT2D eigenvalue weighted by atomic mass is 9.93. The van der Waals surface area contributed by atoms with Gasteiger partial charge in [0.2, 0.25) is 11.9 Å². The van der Waals surface area contributed by atoms with E-state index in [4.69, 9.17) is 24.9 Å². The Bertz CT molecular complexity index is 9040. The van der Waals surface area contributed by atoms with E-state index in [9.17, 15) is 0 Å². The minimum atomic E-state index is 0.562. The molecule has 0 unspecified atom stereocenters. The number of hydrogen-bond donors (Lipinski definition) is 0. The molecular weight excluding hydrogens is 1560 g/mol. The third kappa shape index (κ3) is 11.5. The largest absolute Gasteiger partial charge is 0.309 e. The summed E-state index contributed by atoms with van der Waals surface area (Å²) in [7, 11) is 0. The first-order valence-electron chi connectivity index (χ1n) is 43.6. The van der Waals surface area contributed by atoms with Gasteiger partial charge < -0.3 is 9.13 Å². The Morgan fingerprint density at radius 1 is 0.156 bits per heavy atom. The number of aromatic nitrogens is 9. The summed E-state index contributed by atoms with van der Waals surface area (Å²) in [5, 5.41) is 26.2. The van der Waals surface area contributed by atoms with Gasteiger partial charge in [0.25, 0.3) is 0 Å². The summed E-state index contributed by atoms with van der Waals surface area (Å²) in [5.74, 6) is 2.45. The van der Waals surface area contributed by atoms with Gasteiger partial charge in [0.05, 0.1) is 61.2 Å². The van der Waals surface area contributed by atoms with E-state index in [1.807, 2.05) is 12.1 Å². The number of benzene rings is 21. The van der Waals surface area contributed by atoms with Crippen molar-refractivity contribution in [2.24, 2.45) is 0 Å². The topological polar surface area (TPSA) is 84.2 Å². The van der Waals surface area contributed by atoms with Crippen LogP contribution in [0, 0.1) is 0 Å². The zero-order valence-corrected chi connectivity index (χ0v) is 69.2. The summed E-state index contributed by atoms with van der Waals surface area (Å²) >= 11 is 0. The zero-order valence-electron chi connectivity index (χ0n) is 69.2. The predicted octanol–water partition coefficient (Wildman–Crippen LogP) is 30.8. The van der Waals surface area contributed by atoms with Crippen molar-refractivity contribution in [1.29, 1.82) is 0 Å². The smallest absolute Gasteiger partial charge is 0.238 e. The minimum Gasteiger partial charge on any atom is -0.309 e. The molecule has 0 aliphatic heterocycles.